The van der Waals surface area contributed by atoms with Crippen molar-refractivity contribution < 1.29 is 9.59 Å². The van der Waals surface area contributed by atoms with Crippen molar-refractivity contribution in [2.75, 3.05) is 10.8 Å². The molecule has 0 fully saturated rings. The maximum atomic E-state index is 12.1. The van der Waals surface area contributed by atoms with Crippen LogP contribution in [0.5, 0.6) is 0 Å². The second-order valence-corrected chi connectivity index (χ2v) is 6.15. The second kappa shape index (κ2) is 8.03. The third kappa shape index (κ3) is 5.01. The molecule has 3 N–H and O–H groups in total. The predicted molar refractivity (Wildman–Crippen MR) is 97.7 cm³/mol. The lowest BCUT2D eigenvalue weighted by Gasteiger charge is -2.16. The number of carbonyl (C=O) groups excluding carboxylic acids is 2. The van der Waals surface area contributed by atoms with Gasteiger partial charge in [0.2, 0.25) is 5.91 Å². The van der Waals surface area contributed by atoms with Crippen LogP contribution in [0.15, 0.2) is 53.0 Å². The molecule has 0 spiro atoms. The lowest BCUT2D eigenvalue weighted by Crippen LogP contribution is -2.35. The van der Waals surface area contributed by atoms with Gasteiger partial charge in [-0.05, 0) is 48.4 Å². The number of urea groups is 1. The van der Waals surface area contributed by atoms with Crippen LogP contribution in [0.3, 0.4) is 0 Å². The van der Waals surface area contributed by atoms with Crippen molar-refractivity contribution in [3.8, 4) is 0 Å². The van der Waals surface area contributed by atoms with Gasteiger partial charge in [0, 0.05) is 16.6 Å². The van der Waals surface area contributed by atoms with Crippen LogP contribution >= 0.6 is 28.7 Å². The van der Waals surface area contributed by atoms with Crippen molar-refractivity contribution >= 4 is 46.4 Å². The van der Waals surface area contributed by atoms with E-state index in [4.69, 9.17) is 5.73 Å². The summed E-state index contributed by atoms with van der Waals surface area (Å²) in [7, 11) is 0. The SMILES string of the molecule is NC(=O)c1ccc(N(S)C(=O)NCCc2cccc(Br)c2)cc1. The first-order valence-corrected chi connectivity index (χ1v) is 8.08. The van der Waals surface area contributed by atoms with E-state index in [1.807, 2.05) is 24.3 Å². The van der Waals surface area contributed by atoms with Crippen LogP contribution in [0.1, 0.15) is 15.9 Å². The molecule has 0 radical (unpaired) electrons. The summed E-state index contributed by atoms with van der Waals surface area (Å²) in [6.45, 7) is 0.492. The molecule has 23 heavy (non-hydrogen) atoms. The van der Waals surface area contributed by atoms with Gasteiger partial charge in [-0.1, -0.05) is 40.9 Å². The van der Waals surface area contributed by atoms with E-state index in [2.05, 4.69) is 34.1 Å². The Balaban J connectivity index is 1.88. The largest absolute Gasteiger partial charge is 0.366 e. The summed E-state index contributed by atoms with van der Waals surface area (Å²) in [6, 6.07) is 13.9. The number of carbonyl (C=O) groups is 2. The summed E-state index contributed by atoms with van der Waals surface area (Å²) >= 11 is 7.59. The molecule has 0 aromatic heterocycles. The summed E-state index contributed by atoms with van der Waals surface area (Å²) in [6.07, 6.45) is 0.716. The summed E-state index contributed by atoms with van der Waals surface area (Å²) in [5.41, 5.74) is 7.23. The fourth-order valence-corrected chi connectivity index (χ4v) is 2.62. The number of primary amides is 1. The number of benzene rings is 2. The van der Waals surface area contributed by atoms with Crippen molar-refractivity contribution in [1.82, 2.24) is 5.32 Å². The van der Waals surface area contributed by atoms with Crippen LogP contribution < -0.4 is 15.4 Å². The fourth-order valence-electron chi connectivity index (χ4n) is 1.97. The first-order valence-electron chi connectivity index (χ1n) is 6.88. The molecule has 0 atom stereocenters. The summed E-state index contributed by atoms with van der Waals surface area (Å²) in [5, 5.41) is 2.79. The average molecular weight is 394 g/mol. The average Bonchev–Trinajstić information content (AvgIpc) is 2.54. The number of halogens is 1. The number of thiol groups is 1. The molecule has 0 bridgehead atoms. The Morgan fingerprint density at radius 2 is 1.87 bits per heavy atom. The molecule has 0 unspecified atom stereocenters. The Morgan fingerprint density at radius 1 is 1.17 bits per heavy atom. The monoisotopic (exact) mass is 393 g/mol. The maximum Gasteiger partial charge on any atom is 0.331 e. The van der Waals surface area contributed by atoms with Gasteiger partial charge < -0.3 is 11.1 Å². The second-order valence-electron chi connectivity index (χ2n) is 4.83. The molecule has 2 aromatic rings. The van der Waals surface area contributed by atoms with Gasteiger partial charge >= 0.3 is 6.03 Å². The van der Waals surface area contributed by atoms with Crippen LogP contribution in [0.25, 0.3) is 0 Å². The number of nitrogens with zero attached hydrogens (tertiary/aromatic N) is 1. The quantitative estimate of drug-likeness (QED) is 0.682. The van der Waals surface area contributed by atoms with Crippen LogP contribution in [0.4, 0.5) is 10.5 Å². The Hall–Kier alpha value is -1.99. The normalized spacial score (nSPS) is 10.2. The van der Waals surface area contributed by atoms with E-state index in [0.717, 1.165) is 10.0 Å². The van der Waals surface area contributed by atoms with Crippen LogP contribution in [0.2, 0.25) is 0 Å². The first-order chi connectivity index (χ1) is 11.0. The smallest absolute Gasteiger partial charge is 0.331 e. The molecule has 0 aliphatic rings. The van der Waals surface area contributed by atoms with Gasteiger partial charge in [0.1, 0.15) is 0 Å². The Bertz CT molecular complexity index is 707. The molecule has 0 saturated heterocycles. The highest BCUT2D eigenvalue weighted by Crippen LogP contribution is 2.17. The molecule has 0 heterocycles. The number of rotatable bonds is 5. The van der Waals surface area contributed by atoms with E-state index < -0.39 is 5.91 Å². The van der Waals surface area contributed by atoms with Gasteiger partial charge in [-0.15, -0.1) is 0 Å². The minimum absolute atomic E-state index is 0.338. The predicted octanol–water partition coefficient (Wildman–Crippen LogP) is 3.15. The van der Waals surface area contributed by atoms with Crippen LogP contribution in [-0.2, 0) is 6.42 Å². The lowest BCUT2D eigenvalue weighted by atomic mass is 10.1. The topological polar surface area (TPSA) is 75.4 Å². The number of nitrogens with two attached hydrogens (primary N) is 1. The highest BCUT2D eigenvalue weighted by Gasteiger charge is 2.12. The Labute approximate surface area is 148 Å². The van der Waals surface area contributed by atoms with Crippen LogP contribution in [0, 0.1) is 0 Å². The van der Waals surface area contributed by atoms with Gasteiger partial charge in [0.15, 0.2) is 0 Å². The number of amides is 3. The third-order valence-electron chi connectivity index (χ3n) is 3.17. The summed E-state index contributed by atoms with van der Waals surface area (Å²) < 4.78 is 2.19. The molecule has 3 amide bonds. The zero-order chi connectivity index (χ0) is 16.8. The molecule has 7 heteroatoms. The molecule has 2 rings (SSSR count). The minimum atomic E-state index is -0.513. The summed E-state index contributed by atoms with van der Waals surface area (Å²) in [4.78, 5) is 23.1. The van der Waals surface area contributed by atoms with Crippen molar-refractivity contribution in [3.05, 3.63) is 64.1 Å². The van der Waals surface area contributed by atoms with E-state index in [9.17, 15) is 9.59 Å². The number of anilines is 1. The minimum Gasteiger partial charge on any atom is -0.366 e. The van der Waals surface area contributed by atoms with Crippen LogP contribution in [-0.4, -0.2) is 18.5 Å². The van der Waals surface area contributed by atoms with Crippen molar-refractivity contribution in [2.45, 2.75) is 6.42 Å². The summed E-state index contributed by atoms with van der Waals surface area (Å²) in [5.74, 6) is -0.513. The Kier molecular flexibility index (Phi) is 6.06. The zero-order valence-electron chi connectivity index (χ0n) is 12.2. The van der Waals surface area contributed by atoms with Gasteiger partial charge in [0.05, 0.1) is 5.69 Å². The third-order valence-corrected chi connectivity index (χ3v) is 4.07. The van der Waals surface area contributed by atoms with Crippen molar-refractivity contribution in [2.24, 2.45) is 5.73 Å². The van der Waals surface area contributed by atoms with E-state index in [-0.39, 0.29) is 6.03 Å². The van der Waals surface area contributed by atoms with Crippen molar-refractivity contribution in [3.63, 3.8) is 0 Å². The molecular weight excluding hydrogens is 378 g/mol. The van der Waals surface area contributed by atoms with Gasteiger partial charge in [-0.25, -0.2) is 9.10 Å². The molecule has 0 aliphatic heterocycles. The lowest BCUT2D eigenvalue weighted by molar-refractivity contribution is 0.100. The van der Waals surface area contributed by atoms with Gasteiger partial charge in [-0.2, -0.15) is 0 Å². The first kappa shape index (κ1) is 17.4. The standard InChI is InChI=1S/C16H16BrN3O2S/c17-13-3-1-2-11(10-13)8-9-19-16(22)20(23)14-6-4-12(5-7-14)15(18)21/h1-7,10,23H,8-9H2,(H2,18,21)(H,19,22). The van der Waals surface area contributed by atoms with E-state index in [1.165, 1.54) is 4.31 Å². The highest BCUT2D eigenvalue weighted by molar-refractivity contribution is 9.10. The molecule has 0 aliphatic carbocycles. The molecule has 2 aromatic carbocycles. The van der Waals surface area contributed by atoms with Gasteiger partial charge in [-0.3, -0.25) is 4.79 Å². The molecule has 5 nitrogen and oxygen atoms in total. The van der Waals surface area contributed by atoms with Crippen molar-refractivity contribution in [1.29, 1.82) is 0 Å². The zero-order valence-corrected chi connectivity index (χ0v) is 14.7. The molecule has 120 valence electrons. The fraction of sp³-hybridized carbons (Fsp3) is 0.125. The highest BCUT2D eigenvalue weighted by atomic mass is 79.9. The number of hydrogen-bond acceptors (Lipinski definition) is 3. The number of nitrogens with one attached hydrogen (secondary N) is 1. The number of hydrogen-bond donors (Lipinski definition) is 3. The Morgan fingerprint density at radius 3 is 2.48 bits per heavy atom. The van der Waals surface area contributed by atoms with E-state index in [1.54, 1.807) is 24.3 Å². The van der Waals surface area contributed by atoms with E-state index >= 15 is 0 Å². The van der Waals surface area contributed by atoms with E-state index in [0.29, 0.717) is 24.2 Å². The van der Waals surface area contributed by atoms with Gasteiger partial charge in [0.25, 0.3) is 0 Å². The maximum absolute atomic E-state index is 12.1. The molecular formula is C16H16BrN3O2S. The molecule has 0 saturated carbocycles.